The van der Waals surface area contributed by atoms with Gasteiger partial charge >= 0.3 is 0 Å². The molecular weight excluding hydrogens is 414 g/mol. The van der Waals surface area contributed by atoms with Crippen LogP contribution >= 0.6 is 0 Å². The number of rotatable bonds is 6. The Bertz CT molecular complexity index is 1300. The van der Waals surface area contributed by atoms with Crippen molar-refractivity contribution in [2.75, 3.05) is 11.4 Å². The van der Waals surface area contributed by atoms with Crippen molar-refractivity contribution >= 4 is 21.4 Å². The number of ether oxygens (including phenoxy) is 1. The molecule has 10 heteroatoms. The van der Waals surface area contributed by atoms with Gasteiger partial charge in [-0.1, -0.05) is 12.1 Å². The summed E-state index contributed by atoms with van der Waals surface area (Å²) in [6.45, 7) is -0.164. The fourth-order valence-electron chi connectivity index (χ4n) is 3.02. The van der Waals surface area contributed by atoms with Crippen molar-refractivity contribution in [2.45, 2.75) is 11.4 Å². The van der Waals surface area contributed by atoms with E-state index < -0.39 is 21.7 Å². The molecule has 0 saturated carbocycles. The standard InChI is InChI=1S/C20H16F2N4O3S/c1-29-18-4-2-3-14(7-18)11-26(17-9-15(21)8-16(22)10-17)30(27,28)19-5-6-20-24-23-13-25(20)12-19/h2-10,12-13H,11H2,1H3. The molecule has 4 aromatic rings. The third-order valence-corrected chi connectivity index (χ3v) is 6.20. The van der Waals surface area contributed by atoms with E-state index in [9.17, 15) is 17.2 Å². The SMILES string of the molecule is COc1cccc(CN(c2cc(F)cc(F)c2)S(=O)(=O)c2ccc3nncn3c2)c1. The molecule has 0 spiro atoms. The summed E-state index contributed by atoms with van der Waals surface area (Å²) in [5.41, 5.74) is 0.900. The van der Waals surface area contributed by atoms with Crippen molar-refractivity contribution in [2.24, 2.45) is 0 Å². The molecule has 0 N–H and O–H groups in total. The number of hydrogen-bond acceptors (Lipinski definition) is 5. The first-order valence-electron chi connectivity index (χ1n) is 8.78. The summed E-state index contributed by atoms with van der Waals surface area (Å²) in [6, 6.07) is 12.3. The zero-order chi connectivity index (χ0) is 21.3. The summed E-state index contributed by atoms with van der Waals surface area (Å²) in [6.07, 6.45) is 2.71. The molecule has 0 aliphatic rings. The van der Waals surface area contributed by atoms with Crippen molar-refractivity contribution in [3.63, 3.8) is 0 Å². The smallest absolute Gasteiger partial charge is 0.266 e. The van der Waals surface area contributed by atoms with Crippen LogP contribution in [-0.2, 0) is 16.6 Å². The van der Waals surface area contributed by atoms with Crippen molar-refractivity contribution in [3.05, 3.63) is 84.3 Å². The third-order valence-electron chi connectivity index (χ3n) is 4.45. The lowest BCUT2D eigenvalue weighted by Crippen LogP contribution is -2.31. The van der Waals surface area contributed by atoms with Crippen LogP contribution in [0.3, 0.4) is 0 Å². The Kier molecular flexibility index (Phi) is 5.08. The minimum absolute atomic E-state index is 0.0811. The summed E-state index contributed by atoms with van der Waals surface area (Å²) < 4.78 is 62.3. The topological polar surface area (TPSA) is 76.8 Å². The first-order chi connectivity index (χ1) is 14.4. The molecule has 0 saturated heterocycles. The fraction of sp³-hybridized carbons (Fsp3) is 0.100. The zero-order valence-corrected chi connectivity index (χ0v) is 16.6. The molecule has 30 heavy (non-hydrogen) atoms. The van der Waals surface area contributed by atoms with Crippen LogP contribution in [0.2, 0.25) is 0 Å². The second-order valence-corrected chi connectivity index (χ2v) is 8.31. The Labute approximate surface area is 171 Å². The highest BCUT2D eigenvalue weighted by atomic mass is 32.2. The van der Waals surface area contributed by atoms with Crippen LogP contribution in [0.4, 0.5) is 14.5 Å². The summed E-state index contributed by atoms with van der Waals surface area (Å²) in [4.78, 5) is -0.0811. The molecule has 2 heterocycles. The first kappa shape index (κ1) is 19.8. The molecule has 4 rings (SSSR count). The van der Waals surface area contributed by atoms with E-state index in [1.54, 1.807) is 24.3 Å². The van der Waals surface area contributed by atoms with Gasteiger partial charge < -0.3 is 4.74 Å². The second-order valence-electron chi connectivity index (χ2n) is 6.45. The maximum absolute atomic E-state index is 13.9. The second kappa shape index (κ2) is 7.71. The summed E-state index contributed by atoms with van der Waals surface area (Å²) in [5.74, 6) is -1.24. The first-order valence-corrected chi connectivity index (χ1v) is 10.2. The van der Waals surface area contributed by atoms with E-state index in [4.69, 9.17) is 4.74 Å². The Morgan fingerprint density at radius 1 is 1.07 bits per heavy atom. The van der Waals surface area contributed by atoms with E-state index in [1.165, 1.54) is 36.2 Å². The van der Waals surface area contributed by atoms with Gasteiger partial charge in [0.05, 0.1) is 19.3 Å². The van der Waals surface area contributed by atoms with Gasteiger partial charge in [0.2, 0.25) is 0 Å². The number of hydrogen-bond donors (Lipinski definition) is 0. The van der Waals surface area contributed by atoms with Crippen molar-refractivity contribution in [1.29, 1.82) is 0 Å². The van der Waals surface area contributed by atoms with Gasteiger partial charge in [-0.15, -0.1) is 10.2 Å². The Morgan fingerprint density at radius 2 is 1.83 bits per heavy atom. The van der Waals surface area contributed by atoms with Crippen LogP contribution in [-0.4, -0.2) is 30.1 Å². The number of methoxy groups -OCH3 is 1. The lowest BCUT2D eigenvalue weighted by atomic mass is 10.2. The maximum atomic E-state index is 13.9. The number of aromatic nitrogens is 3. The molecule has 154 valence electrons. The lowest BCUT2D eigenvalue weighted by Gasteiger charge is -2.25. The Morgan fingerprint density at radius 3 is 2.57 bits per heavy atom. The van der Waals surface area contributed by atoms with Crippen LogP contribution in [0.1, 0.15) is 5.56 Å². The number of pyridine rings is 1. The van der Waals surface area contributed by atoms with Gasteiger partial charge in [-0.3, -0.25) is 8.71 Å². The number of halogens is 2. The largest absolute Gasteiger partial charge is 0.497 e. The third kappa shape index (κ3) is 3.81. The highest BCUT2D eigenvalue weighted by molar-refractivity contribution is 7.92. The molecule has 7 nitrogen and oxygen atoms in total. The van der Waals surface area contributed by atoms with Crippen LogP contribution in [0.15, 0.2) is 72.0 Å². The molecule has 0 aliphatic carbocycles. The van der Waals surface area contributed by atoms with E-state index in [-0.39, 0.29) is 17.1 Å². The average molecular weight is 430 g/mol. The van der Waals surface area contributed by atoms with Gasteiger partial charge in [0.25, 0.3) is 10.0 Å². The molecule has 0 bridgehead atoms. The van der Waals surface area contributed by atoms with Gasteiger partial charge in [-0.2, -0.15) is 0 Å². The number of fused-ring (bicyclic) bond motifs is 1. The van der Waals surface area contributed by atoms with Crippen LogP contribution in [0, 0.1) is 11.6 Å². The predicted octanol–water partition coefficient (Wildman–Crippen LogP) is 3.41. The minimum atomic E-state index is -4.19. The number of anilines is 1. The van der Waals surface area contributed by atoms with Crippen molar-refractivity contribution in [1.82, 2.24) is 14.6 Å². The maximum Gasteiger partial charge on any atom is 0.266 e. The minimum Gasteiger partial charge on any atom is -0.497 e. The normalized spacial score (nSPS) is 11.6. The van der Waals surface area contributed by atoms with Gasteiger partial charge in [0, 0.05) is 12.3 Å². The number of sulfonamides is 1. The molecule has 0 atom stereocenters. The molecule has 0 radical (unpaired) electrons. The predicted molar refractivity (Wildman–Crippen MR) is 106 cm³/mol. The molecule has 2 aromatic carbocycles. The highest BCUT2D eigenvalue weighted by Crippen LogP contribution is 2.28. The van der Waals surface area contributed by atoms with Gasteiger partial charge in [-0.05, 0) is 42.0 Å². The summed E-state index contributed by atoms with van der Waals surface area (Å²) >= 11 is 0. The van der Waals surface area contributed by atoms with Gasteiger partial charge in [0.15, 0.2) is 5.65 Å². The molecular formula is C20H16F2N4O3S. The van der Waals surface area contributed by atoms with Gasteiger partial charge in [-0.25, -0.2) is 17.2 Å². The van der Waals surface area contributed by atoms with E-state index in [0.717, 1.165) is 16.4 Å². The number of nitrogens with zero attached hydrogens (tertiary/aromatic N) is 4. The van der Waals surface area contributed by atoms with E-state index in [2.05, 4.69) is 10.2 Å². The van der Waals surface area contributed by atoms with Crippen LogP contribution in [0.25, 0.3) is 5.65 Å². The van der Waals surface area contributed by atoms with Crippen molar-refractivity contribution < 1.29 is 21.9 Å². The van der Waals surface area contributed by atoms with Crippen LogP contribution < -0.4 is 9.04 Å². The summed E-state index contributed by atoms with van der Waals surface area (Å²) in [5, 5.41) is 7.58. The monoisotopic (exact) mass is 430 g/mol. The molecule has 0 fully saturated rings. The zero-order valence-electron chi connectivity index (χ0n) is 15.7. The van der Waals surface area contributed by atoms with E-state index in [1.807, 2.05) is 0 Å². The fourth-order valence-corrected chi connectivity index (χ4v) is 4.47. The Balaban J connectivity index is 1.84. The highest BCUT2D eigenvalue weighted by Gasteiger charge is 2.27. The van der Waals surface area contributed by atoms with Gasteiger partial charge in [0.1, 0.15) is 28.6 Å². The van der Waals surface area contributed by atoms with E-state index in [0.29, 0.717) is 23.0 Å². The summed E-state index contributed by atoms with van der Waals surface area (Å²) in [7, 11) is -2.70. The lowest BCUT2D eigenvalue weighted by molar-refractivity contribution is 0.414. The van der Waals surface area contributed by atoms with Crippen LogP contribution in [0.5, 0.6) is 5.75 Å². The molecule has 0 unspecified atom stereocenters. The molecule has 0 amide bonds. The quantitative estimate of drug-likeness (QED) is 0.469. The number of benzene rings is 2. The van der Waals surface area contributed by atoms with Crippen molar-refractivity contribution in [3.8, 4) is 5.75 Å². The van der Waals surface area contributed by atoms with E-state index >= 15 is 0 Å². The molecule has 2 aromatic heterocycles. The average Bonchev–Trinajstić information content (AvgIpc) is 3.19. The molecule has 0 aliphatic heterocycles. The Hall–Kier alpha value is -3.53.